The lowest BCUT2D eigenvalue weighted by molar-refractivity contribution is -0.793. The molecule has 1 aromatic carbocycles. The second kappa shape index (κ2) is 6.82. The molecule has 0 spiro atoms. The van der Waals surface area contributed by atoms with Crippen molar-refractivity contribution in [2.75, 3.05) is 33.5 Å². The first-order chi connectivity index (χ1) is 8.90. The van der Waals surface area contributed by atoms with Crippen LogP contribution in [0.25, 0.3) is 0 Å². The van der Waals surface area contributed by atoms with Crippen LogP contribution in [0, 0.1) is 0 Å². The lowest BCUT2D eigenvalue weighted by Gasteiger charge is -2.19. The molecule has 0 saturated carbocycles. The maximum Gasteiger partial charge on any atom is 0.520 e. The topological polar surface area (TPSA) is 35.5 Å². The molecule has 0 bridgehead atoms. The lowest BCUT2D eigenvalue weighted by Crippen LogP contribution is -2.43. The molecule has 0 unspecified atom stereocenters. The molecule has 0 atom stereocenters. The highest BCUT2D eigenvalue weighted by atomic mass is 32.1. The number of quaternary nitrogens is 1. The van der Waals surface area contributed by atoms with Gasteiger partial charge in [0.15, 0.2) is 11.5 Å². The second-order valence-corrected chi connectivity index (χ2v) is 5.59. The van der Waals surface area contributed by atoms with Crippen LogP contribution < -0.4 is 9.47 Å². The van der Waals surface area contributed by atoms with Crippen LogP contribution >= 0.6 is 0 Å². The van der Waals surface area contributed by atoms with Crippen LogP contribution in [0.3, 0.4) is 0 Å². The number of amides is 1. The molecule has 0 N–H and O–H groups in total. The minimum atomic E-state index is -0.302. The minimum absolute atomic E-state index is 0.129. The molecule has 5 heteroatoms. The first-order valence-electron chi connectivity index (χ1n) is 6.26. The van der Waals surface area contributed by atoms with Crippen molar-refractivity contribution in [3.8, 4) is 11.5 Å². The molecule has 0 saturated heterocycles. The van der Waals surface area contributed by atoms with Crippen molar-refractivity contribution in [2.24, 2.45) is 0 Å². The van der Waals surface area contributed by atoms with Gasteiger partial charge in [0.05, 0.1) is 27.7 Å². The van der Waals surface area contributed by atoms with Gasteiger partial charge in [0.2, 0.25) is 0 Å². The molecule has 1 aromatic rings. The van der Waals surface area contributed by atoms with E-state index >= 15 is 0 Å². The highest BCUT2D eigenvalue weighted by molar-refractivity contribution is 7.58. The maximum atomic E-state index is 11.7. The van der Waals surface area contributed by atoms with E-state index in [0.29, 0.717) is 18.1 Å². The number of hydrogen-bond donors (Lipinski definition) is 0. The molecular formula is C14H21NO3S. The number of benzene rings is 1. The van der Waals surface area contributed by atoms with E-state index in [1.54, 1.807) is 27.2 Å². The van der Waals surface area contributed by atoms with E-state index in [1.165, 1.54) is 0 Å². The van der Waals surface area contributed by atoms with E-state index in [9.17, 15) is 4.79 Å². The summed E-state index contributed by atoms with van der Waals surface area (Å²) in [5.74, 6) is 2.07. The highest BCUT2D eigenvalue weighted by Crippen LogP contribution is 2.35. The molecule has 2 rings (SSSR count). The van der Waals surface area contributed by atoms with Crippen molar-refractivity contribution in [1.82, 2.24) is 0 Å². The van der Waals surface area contributed by atoms with E-state index in [0.717, 1.165) is 17.7 Å². The van der Waals surface area contributed by atoms with Gasteiger partial charge in [0, 0.05) is 12.0 Å². The average molecular weight is 283 g/mol. The standard InChI is InChI=1S/C12H16NO3.C2H6S/c1-13(2,3)12(14)16-10-6-4-5-9-7-8-15-11(9)10;1-2-3/h4-6H,7-8H2,1-3H3;3H,2H2,1H3/q+1;/p-1. The van der Waals surface area contributed by atoms with Crippen molar-refractivity contribution in [1.29, 1.82) is 0 Å². The smallest absolute Gasteiger partial charge is 0.520 e. The minimum Gasteiger partial charge on any atom is -0.793 e. The second-order valence-electron chi connectivity index (χ2n) is 5.01. The van der Waals surface area contributed by atoms with Gasteiger partial charge in [-0.05, 0) is 6.07 Å². The van der Waals surface area contributed by atoms with Crippen LogP contribution in [0.15, 0.2) is 18.2 Å². The first kappa shape index (κ1) is 15.9. The normalized spacial score (nSPS) is 12.9. The van der Waals surface area contributed by atoms with Crippen LogP contribution in [0.1, 0.15) is 12.5 Å². The summed E-state index contributed by atoms with van der Waals surface area (Å²) in [6, 6.07) is 5.63. The zero-order chi connectivity index (χ0) is 14.5. The SMILES string of the molecule is CC[S-].C[N+](C)(C)C(=O)Oc1cccc2c1OCC2. The fraction of sp³-hybridized carbons (Fsp3) is 0.500. The fourth-order valence-electron chi connectivity index (χ4n) is 1.50. The Balaban J connectivity index is 0.000000550. The maximum absolute atomic E-state index is 11.7. The Morgan fingerprint density at radius 2 is 2.05 bits per heavy atom. The Morgan fingerprint density at radius 1 is 1.42 bits per heavy atom. The quantitative estimate of drug-likeness (QED) is 0.585. The summed E-state index contributed by atoms with van der Waals surface area (Å²) in [4.78, 5) is 11.7. The Bertz CT molecular complexity index is 441. The molecule has 0 aliphatic carbocycles. The van der Waals surface area contributed by atoms with Gasteiger partial charge in [-0.25, -0.2) is 4.48 Å². The summed E-state index contributed by atoms with van der Waals surface area (Å²) in [5, 5.41) is 0. The van der Waals surface area contributed by atoms with Gasteiger partial charge in [-0.15, -0.1) is 0 Å². The summed E-state index contributed by atoms with van der Waals surface area (Å²) in [6.45, 7) is 2.60. The van der Waals surface area contributed by atoms with Crippen molar-refractivity contribution in [2.45, 2.75) is 13.3 Å². The zero-order valence-electron chi connectivity index (χ0n) is 11.9. The lowest BCUT2D eigenvalue weighted by atomic mass is 10.1. The summed E-state index contributed by atoms with van der Waals surface area (Å²) in [6.07, 6.45) is 0.578. The van der Waals surface area contributed by atoms with Crippen LogP contribution in [0.5, 0.6) is 11.5 Å². The summed E-state index contributed by atoms with van der Waals surface area (Å²) in [5.41, 5.74) is 1.10. The summed E-state index contributed by atoms with van der Waals surface area (Å²) in [7, 11) is 5.31. The number of carbonyl (C=O) groups excluding carboxylic acids is 1. The predicted molar refractivity (Wildman–Crippen MR) is 77.6 cm³/mol. The monoisotopic (exact) mass is 283 g/mol. The molecule has 1 aliphatic rings. The predicted octanol–water partition coefficient (Wildman–Crippen LogP) is 2.38. The summed E-state index contributed by atoms with van der Waals surface area (Å²) < 4.78 is 10.9. The molecule has 106 valence electrons. The zero-order valence-corrected chi connectivity index (χ0v) is 12.8. The first-order valence-corrected chi connectivity index (χ1v) is 6.84. The van der Waals surface area contributed by atoms with Crippen LogP contribution in [-0.2, 0) is 19.0 Å². The van der Waals surface area contributed by atoms with Gasteiger partial charge in [0.25, 0.3) is 0 Å². The van der Waals surface area contributed by atoms with Crippen LogP contribution in [0.2, 0.25) is 0 Å². The Morgan fingerprint density at radius 3 is 2.63 bits per heavy atom. The van der Waals surface area contributed by atoms with Gasteiger partial charge < -0.3 is 22.1 Å². The number of ether oxygens (including phenoxy) is 2. The van der Waals surface area contributed by atoms with Gasteiger partial charge in [-0.3, -0.25) is 0 Å². The third-order valence-corrected chi connectivity index (χ3v) is 2.42. The third-order valence-electron chi connectivity index (χ3n) is 2.42. The number of carbonyl (C=O) groups is 1. The molecule has 19 heavy (non-hydrogen) atoms. The van der Waals surface area contributed by atoms with Crippen molar-refractivity contribution in [3.63, 3.8) is 0 Å². The largest absolute Gasteiger partial charge is 0.793 e. The molecular weight excluding hydrogens is 262 g/mol. The highest BCUT2D eigenvalue weighted by Gasteiger charge is 2.26. The van der Waals surface area contributed by atoms with Gasteiger partial charge in [-0.2, -0.15) is 10.5 Å². The van der Waals surface area contributed by atoms with Crippen molar-refractivity contribution < 1.29 is 18.8 Å². The molecule has 4 nitrogen and oxygen atoms in total. The van der Waals surface area contributed by atoms with Crippen LogP contribution in [0.4, 0.5) is 4.79 Å². The molecule has 0 aromatic heterocycles. The van der Waals surface area contributed by atoms with E-state index < -0.39 is 0 Å². The number of rotatable bonds is 1. The van der Waals surface area contributed by atoms with Crippen molar-refractivity contribution >= 4 is 18.7 Å². The van der Waals surface area contributed by atoms with Gasteiger partial charge >= 0.3 is 6.09 Å². The Labute approximate surface area is 120 Å². The van der Waals surface area contributed by atoms with Crippen LogP contribution in [-0.4, -0.2) is 44.1 Å². The summed E-state index contributed by atoms with van der Waals surface area (Å²) >= 11 is 4.39. The number of para-hydroxylation sites is 1. The number of nitrogens with zero attached hydrogens (tertiary/aromatic N) is 1. The fourth-order valence-corrected chi connectivity index (χ4v) is 1.50. The Kier molecular flexibility index (Phi) is 5.69. The molecule has 0 fully saturated rings. The van der Waals surface area contributed by atoms with E-state index in [4.69, 9.17) is 9.47 Å². The molecule has 1 aliphatic heterocycles. The molecule has 1 amide bonds. The van der Waals surface area contributed by atoms with Gasteiger partial charge in [0.1, 0.15) is 0 Å². The van der Waals surface area contributed by atoms with Gasteiger partial charge in [-0.1, -0.05) is 19.1 Å². The molecule has 0 radical (unpaired) electrons. The molecule has 1 heterocycles. The number of fused-ring (bicyclic) bond motifs is 1. The van der Waals surface area contributed by atoms with E-state index in [2.05, 4.69) is 12.6 Å². The Hall–Kier alpha value is -1.20. The third kappa shape index (κ3) is 4.44. The van der Waals surface area contributed by atoms with E-state index in [1.807, 2.05) is 19.1 Å². The van der Waals surface area contributed by atoms with Crippen molar-refractivity contribution in [3.05, 3.63) is 23.8 Å². The van der Waals surface area contributed by atoms with E-state index in [-0.39, 0.29) is 10.6 Å². The average Bonchev–Trinajstić information content (AvgIpc) is 2.78. The number of hydrogen-bond acceptors (Lipinski definition) is 4.